The van der Waals surface area contributed by atoms with Gasteiger partial charge in [-0.1, -0.05) is 17.7 Å². The number of anilines is 2. The Morgan fingerprint density at radius 3 is 2.54 bits per heavy atom. The van der Waals surface area contributed by atoms with Crippen LogP contribution in [-0.4, -0.2) is 39.9 Å². The van der Waals surface area contributed by atoms with Crippen LogP contribution < -0.4 is 9.80 Å². The summed E-state index contributed by atoms with van der Waals surface area (Å²) in [6.45, 7) is 3.56. The highest BCUT2D eigenvalue weighted by atomic mass is 19.1. The number of fused-ring (bicyclic) bond motifs is 1. The minimum absolute atomic E-state index is 0.0410. The summed E-state index contributed by atoms with van der Waals surface area (Å²) in [7, 11) is 0. The van der Waals surface area contributed by atoms with Crippen LogP contribution in [0.1, 0.15) is 28.0 Å². The van der Waals surface area contributed by atoms with Gasteiger partial charge in [-0.2, -0.15) is 5.10 Å². The van der Waals surface area contributed by atoms with Crippen molar-refractivity contribution in [2.75, 3.05) is 22.9 Å². The Bertz CT molecular complexity index is 1030. The fraction of sp³-hybridized carbons (Fsp3) is 0.286. The van der Waals surface area contributed by atoms with Crippen LogP contribution in [0.25, 0.3) is 5.69 Å². The van der Waals surface area contributed by atoms with Gasteiger partial charge in [0.1, 0.15) is 12.0 Å². The number of benzene rings is 1. The summed E-state index contributed by atoms with van der Waals surface area (Å²) in [6.07, 6.45) is 3.24. The van der Waals surface area contributed by atoms with Gasteiger partial charge in [0.05, 0.1) is 36.2 Å². The van der Waals surface area contributed by atoms with E-state index in [2.05, 4.69) is 10.1 Å². The number of carbonyl (C=O) groups excluding carboxylic acids is 1. The lowest BCUT2D eigenvalue weighted by atomic mass is 10.2. The molecule has 1 atom stereocenters. The molecule has 2 aromatic heterocycles. The standard InChI is InChI=1S/C21H20FN5O/c1-14-2-4-16(5-3-14)26-13-19-18(21(26)28)12-27(24-19)17-6-7-20(23-10-17)25-9-8-15(22)11-25/h2-7,10,12,15H,8-9,11,13H2,1H3. The molecule has 0 bridgehead atoms. The first-order chi connectivity index (χ1) is 13.6. The molecule has 1 saturated heterocycles. The molecule has 7 heteroatoms. The van der Waals surface area contributed by atoms with Crippen LogP contribution in [0.2, 0.25) is 0 Å². The van der Waals surface area contributed by atoms with E-state index in [1.54, 1.807) is 22.0 Å². The number of aromatic nitrogens is 3. The Balaban J connectivity index is 1.36. The highest BCUT2D eigenvalue weighted by Gasteiger charge is 2.32. The molecule has 1 amide bonds. The van der Waals surface area contributed by atoms with E-state index in [0.29, 0.717) is 31.6 Å². The predicted molar refractivity (Wildman–Crippen MR) is 105 cm³/mol. The number of pyridine rings is 1. The van der Waals surface area contributed by atoms with Crippen LogP contribution in [0.5, 0.6) is 0 Å². The molecular formula is C21H20FN5O. The van der Waals surface area contributed by atoms with E-state index in [4.69, 9.17) is 0 Å². The molecule has 6 nitrogen and oxygen atoms in total. The van der Waals surface area contributed by atoms with Gasteiger partial charge in [0.2, 0.25) is 0 Å². The number of halogens is 1. The van der Waals surface area contributed by atoms with E-state index < -0.39 is 6.17 Å². The van der Waals surface area contributed by atoms with Crippen molar-refractivity contribution in [2.45, 2.75) is 26.1 Å². The lowest BCUT2D eigenvalue weighted by Gasteiger charge is -2.17. The summed E-state index contributed by atoms with van der Waals surface area (Å²) in [5.41, 5.74) is 4.19. The molecule has 0 saturated carbocycles. The van der Waals surface area contributed by atoms with Crippen molar-refractivity contribution in [2.24, 2.45) is 0 Å². The number of alkyl halides is 1. The Morgan fingerprint density at radius 2 is 1.89 bits per heavy atom. The summed E-state index contributed by atoms with van der Waals surface area (Å²) < 4.78 is 15.1. The van der Waals surface area contributed by atoms with Gasteiger partial charge in [-0.3, -0.25) is 4.79 Å². The SMILES string of the molecule is Cc1ccc(N2Cc3nn(-c4ccc(N5CCC(F)C5)nc4)cc3C2=O)cc1. The summed E-state index contributed by atoms with van der Waals surface area (Å²) in [5, 5.41) is 4.58. The highest BCUT2D eigenvalue weighted by Crippen LogP contribution is 2.29. The van der Waals surface area contributed by atoms with Crippen molar-refractivity contribution in [3.8, 4) is 5.69 Å². The zero-order chi connectivity index (χ0) is 19.3. The Labute approximate surface area is 162 Å². The first-order valence-corrected chi connectivity index (χ1v) is 9.41. The topological polar surface area (TPSA) is 54.3 Å². The minimum Gasteiger partial charge on any atom is -0.354 e. The van der Waals surface area contributed by atoms with Crippen LogP contribution >= 0.6 is 0 Å². The Kier molecular flexibility index (Phi) is 3.89. The highest BCUT2D eigenvalue weighted by molar-refractivity contribution is 6.09. The Morgan fingerprint density at radius 1 is 1.11 bits per heavy atom. The zero-order valence-corrected chi connectivity index (χ0v) is 15.5. The second-order valence-corrected chi connectivity index (χ2v) is 7.37. The molecule has 0 aliphatic carbocycles. The molecule has 1 aromatic carbocycles. The summed E-state index contributed by atoms with van der Waals surface area (Å²) in [5.74, 6) is 0.728. The lowest BCUT2D eigenvalue weighted by molar-refractivity contribution is 0.0996. The monoisotopic (exact) mass is 377 g/mol. The molecule has 0 N–H and O–H groups in total. The normalized spacial score (nSPS) is 18.8. The fourth-order valence-corrected chi connectivity index (χ4v) is 3.76. The molecule has 5 rings (SSSR count). The van der Waals surface area contributed by atoms with E-state index in [9.17, 15) is 9.18 Å². The molecule has 142 valence electrons. The van der Waals surface area contributed by atoms with Crippen LogP contribution in [0.4, 0.5) is 15.9 Å². The largest absolute Gasteiger partial charge is 0.354 e. The van der Waals surface area contributed by atoms with E-state index in [0.717, 1.165) is 28.5 Å². The number of hydrogen-bond acceptors (Lipinski definition) is 4. The van der Waals surface area contributed by atoms with Gasteiger partial charge in [-0.05, 0) is 37.6 Å². The van der Waals surface area contributed by atoms with Crippen LogP contribution in [0, 0.1) is 6.92 Å². The molecule has 4 heterocycles. The number of aryl methyl sites for hydroxylation is 1. The maximum absolute atomic E-state index is 13.4. The van der Waals surface area contributed by atoms with Crippen LogP contribution in [-0.2, 0) is 6.54 Å². The van der Waals surface area contributed by atoms with E-state index in [1.165, 1.54) is 0 Å². The summed E-state index contributed by atoms with van der Waals surface area (Å²) in [4.78, 5) is 20.9. The first kappa shape index (κ1) is 16.9. The maximum atomic E-state index is 13.4. The average molecular weight is 377 g/mol. The van der Waals surface area contributed by atoms with Crippen molar-refractivity contribution in [3.63, 3.8) is 0 Å². The second-order valence-electron chi connectivity index (χ2n) is 7.37. The predicted octanol–water partition coefficient (Wildman–Crippen LogP) is 3.28. The Hall–Kier alpha value is -3.22. The van der Waals surface area contributed by atoms with E-state index in [-0.39, 0.29) is 5.91 Å². The molecule has 1 fully saturated rings. The minimum atomic E-state index is -0.780. The molecule has 28 heavy (non-hydrogen) atoms. The molecule has 2 aliphatic heterocycles. The van der Waals surface area contributed by atoms with E-state index in [1.807, 2.05) is 48.2 Å². The van der Waals surface area contributed by atoms with Gasteiger partial charge in [0.15, 0.2) is 0 Å². The van der Waals surface area contributed by atoms with Gasteiger partial charge >= 0.3 is 0 Å². The smallest absolute Gasteiger partial charge is 0.262 e. The van der Waals surface area contributed by atoms with Crippen molar-refractivity contribution in [1.82, 2.24) is 14.8 Å². The van der Waals surface area contributed by atoms with Gasteiger partial charge in [0.25, 0.3) is 5.91 Å². The zero-order valence-electron chi connectivity index (χ0n) is 15.5. The quantitative estimate of drug-likeness (QED) is 0.703. The average Bonchev–Trinajstić information content (AvgIpc) is 3.39. The van der Waals surface area contributed by atoms with Gasteiger partial charge < -0.3 is 9.80 Å². The van der Waals surface area contributed by atoms with Gasteiger partial charge in [-0.15, -0.1) is 0 Å². The number of carbonyl (C=O) groups is 1. The van der Waals surface area contributed by atoms with Crippen molar-refractivity contribution >= 4 is 17.4 Å². The maximum Gasteiger partial charge on any atom is 0.262 e. The third-order valence-corrected chi connectivity index (χ3v) is 5.37. The third-order valence-electron chi connectivity index (χ3n) is 5.37. The summed E-state index contributed by atoms with van der Waals surface area (Å²) in [6, 6.07) is 11.7. The number of rotatable bonds is 3. The second kappa shape index (κ2) is 6.44. The number of hydrogen-bond donors (Lipinski definition) is 0. The van der Waals surface area contributed by atoms with Crippen LogP contribution in [0.3, 0.4) is 0 Å². The lowest BCUT2D eigenvalue weighted by Crippen LogP contribution is -2.23. The molecule has 0 radical (unpaired) electrons. The molecule has 0 spiro atoms. The van der Waals surface area contributed by atoms with Crippen molar-refractivity contribution in [3.05, 3.63) is 65.6 Å². The van der Waals surface area contributed by atoms with Crippen molar-refractivity contribution < 1.29 is 9.18 Å². The van der Waals surface area contributed by atoms with Gasteiger partial charge in [-0.25, -0.2) is 14.1 Å². The molecule has 3 aromatic rings. The van der Waals surface area contributed by atoms with Gasteiger partial charge in [0, 0.05) is 18.4 Å². The molecule has 2 aliphatic rings. The third kappa shape index (κ3) is 2.83. The summed E-state index contributed by atoms with van der Waals surface area (Å²) >= 11 is 0. The fourth-order valence-electron chi connectivity index (χ4n) is 3.76. The molecule has 1 unspecified atom stereocenters. The number of nitrogens with zero attached hydrogens (tertiary/aromatic N) is 5. The molecular weight excluding hydrogens is 357 g/mol. The van der Waals surface area contributed by atoms with Crippen LogP contribution in [0.15, 0.2) is 48.8 Å². The van der Waals surface area contributed by atoms with E-state index >= 15 is 0 Å². The first-order valence-electron chi connectivity index (χ1n) is 9.41. The number of amides is 1. The van der Waals surface area contributed by atoms with Crippen molar-refractivity contribution in [1.29, 1.82) is 0 Å².